The average Bonchev–Trinajstić information content (AvgIpc) is 2.71. The molecule has 3 amide bonds. The first-order chi connectivity index (χ1) is 14.5. The first kappa shape index (κ1) is 26.2. The Morgan fingerprint density at radius 3 is 2.06 bits per heavy atom. The third kappa shape index (κ3) is 8.44. The minimum Gasteiger partial charge on any atom is -0.508 e. The molecule has 31 heavy (non-hydrogen) atoms. The Labute approximate surface area is 184 Å². The van der Waals surface area contributed by atoms with Crippen LogP contribution >= 0.6 is 12.6 Å². The number of hydrogen-bond acceptors (Lipinski definition) is 8. The van der Waals surface area contributed by atoms with Gasteiger partial charge in [0.05, 0.1) is 12.1 Å². The van der Waals surface area contributed by atoms with Gasteiger partial charge in [0.25, 0.3) is 0 Å². The molecule has 12 heteroatoms. The molecule has 11 nitrogen and oxygen atoms in total. The number of thiol groups is 1. The second kappa shape index (κ2) is 12.1. The maximum atomic E-state index is 12.7. The van der Waals surface area contributed by atoms with Crippen LogP contribution in [0.5, 0.6) is 5.75 Å². The third-order valence-electron chi connectivity index (χ3n) is 4.33. The minimum absolute atomic E-state index is 0.00527. The monoisotopic (exact) mass is 456 g/mol. The summed E-state index contributed by atoms with van der Waals surface area (Å²) < 4.78 is 0. The van der Waals surface area contributed by atoms with Crippen molar-refractivity contribution >= 4 is 36.3 Å². The Hall–Kier alpha value is -2.83. The zero-order valence-corrected chi connectivity index (χ0v) is 18.0. The van der Waals surface area contributed by atoms with Crippen LogP contribution in [0.15, 0.2) is 24.3 Å². The number of rotatable bonds is 11. The van der Waals surface area contributed by atoms with Crippen molar-refractivity contribution in [1.82, 2.24) is 16.0 Å². The van der Waals surface area contributed by atoms with E-state index in [1.807, 2.05) is 0 Å². The molecule has 0 aliphatic carbocycles. The predicted molar refractivity (Wildman–Crippen MR) is 114 cm³/mol. The number of aromatic hydroxyl groups is 1. The van der Waals surface area contributed by atoms with Crippen LogP contribution < -0.4 is 21.7 Å². The van der Waals surface area contributed by atoms with Crippen molar-refractivity contribution in [2.45, 2.75) is 50.5 Å². The van der Waals surface area contributed by atoms with Gasteiger partial charge in [0.15, 0.2) is 0 Å². The molecule has 5 atom stereocenters. The van der Waals surface area contributed by atoms with Crippen molar-refractivity contribution in [3.8, 4) is 5.75 Å². The van der Waals surface area contributed by atoms with Crippen LogP contribution in [-0.2, 0) is 25.6 Å². The number of carbonyl (C=O) groups excluding carboxylic acids is 3. The summed E-state index contributed by atoms with van der Waals surface area (Å²) in [4.78, 5) is 48.4. The topological polar surface area (TPSA) is 191 Å². The Balaban J connectivity index is 3.05. The highest BCUT2D eigenvalue weighted by molar-refractivity contribution is 7.80. The number of phenolic OH excluding ortho intramolecular Hbond substituents is 1. The Morgan fingerprint density at radius 2 is 1.58 bits per heavy atom. The molecular weight excluding hydrogens is 428 g/mol. The largest absolute Gasteiger partial charge is 0.508 e. The summed E-state index contributed by atoms with van der Waals surface area (Å²) in [5.41, 5.74) is 6.14. The smallest absolute Gasteiger partial charge is 0.325 e. The summed E-state index contributed by atoms with van der Waals surface area (Å²) >= 11 is 3.91. The lowest BCUT2D eigenvalue weighted by molar-refractivity contribution is -0.142. The van der Waals surface area contributed by atoms with E-state index in [2.05, 4.69) is 28.6 Å². The van der Waals surface area contributed by atoms with Crippen LogP contribution in [0.2, 0.25) is 0 Å². The summed E-state index contributed by atoms with van der Waals surface area (Å²) in [5, 5.41) is 35.4. The third-order valence-corrected chi connectivity index (χ3v) is 4.73. The zero-order valence-electron chi connectivity index (χ0n) is 17.1. The summed E-state index contributed by atoms with van der Waals surface area (Å²) in [6.45, 7) is 2.54. The first-order valence-corrected chi connectivity index (χ1v) is 10.1. The molecule has 0 aliphatic rings. The molecule has 0 heterocycles. The van der Waals surface area contributed by atoms with Gasteiger partial charge in [0.1, 0.15) is 23.9 Å². The Morgan fingerprint density at radius 1 is 1.00 bits per heavy atom. The molecule has 1 aromatic carbocycles. The van der Waals surface area contributed by atoms with Crippen LogP contribution in [0.25, 0.3) is 0 Å². The second-order valence-electron chi connectivity index (χ2n) is 7.02. The number of amides is 3. The Kier molecular flexibility index (Phi) is 10.3. The van der Waals surface area contributed by atoms with Crippen molar-refractivity contribution in [2.75, 3.05) is 5.75 Å². The van der Waals surface area contributed by atoms with Gasteiger partial charge in [-0.1, -0.05) is 12.1 Å². The van der Waals surface area contributed by atoms with E-state index in [1.54, 1.807) is 0 Å². The number of aliphatic hydroxyl groups excluding tert-OH is 1. The van der Waals surface area contributed by atoms with Gasteiger partial charge in [-0.3, -0.25) is 19.2 Å². The lowest BCUT2D eigenvalue weighted by atomic mass is 10.0. The SMILES string of the molecule is CC(NC(=O)C(Cc1ccc(O)cc1)NC(=O)C(NC(=O)C(N)CS)C(C)O)C(=O)O. The van der Waals surface area contributed by atoms with Gasteiger partial charge in [-0.15, -0.1) is 0 Å². The van der Waals surface area contributed by atoms with Crippen molar-refractivity contribution in [1.29, 1.82) is 0 Å². The molecule has 0 spiro atoms. The average molecular weight is 457 g/mol. The molecule has 8 N–H and O–H groups in total. The number of aliphatic hydroxyl groups is 1. The van der Waals surface area contributed by atoms with Gasteiger partial charge in [0.2, 0.25) is 17.7 Å². The molecule has 1 aromatic rings. The van der Waals surface area contributed by atoms with Gasteiger partial charge >= 0.3 is 5.97 Å². The molecule has 0 saturated carbocycles. The van der Waals surface area contributed by atoms with Gasteiger partial charge < -0.3 is 37.0 Å². The van der Waals surface area contributed by atoms with Gasteiger partial charge in [-0.2, -0.15) is 12.6 Å². The second-order valence-corrected chi connectivity index (χ2v) is 7.38. The van der Waals surface area contributed by atoms with E-state index >= 15 is 0 Å². The van der Waals surface area contributed by atoms with E-state index in [-0.39, 0.29) is 17.9 Å². The van der Waals surface area contributed by atoms with Crippen LogP contribution in [0, 0.1) is 0 Å². The summed E-state index contributed by atoms with van der Waals surface area (Å²) in [7, 11) is 0. The van der Waals surface area contributed by atoms with Gasteiger partial charge in [-0.05, 0) is 31.5 Å². The molecular formula is C19H28N4O7S. The molecule has 0 fully saturated rings. The lowest BCUT2D eigenvalue weighted by Crippen LogP contribution is -2.60. The van der Waals surface area contributed by atoms with E-state index in [0.717, 1.165) is 0 Å². The summed E-state index contributed by atoms with van der Waals surface area (Å²) in [6, 6.07) is 0.982. The maximum Gasteiger partial charge on any atom is 0.325 e. The zero-order chi connectivity index (χ0) is 23.7. The van der Waals surface area contributed by atoms with Crippen molar-refractivity contribution in [3.05, 3.63) is 29.8 Å². The predicted octanol–water partition coefficient (Wildman–Crippen LogP) is -1.87. The van der Waals surface area contributed by atoms with Gasteiger partial charge in [-0.25, -0.2) is 0 Å². The van der Waals surface area contributed by atoms with Crippen LogP contribution in [-0.4, -0.2) is 75.0 Å². The number of phenols is 1. The van der Waals surface area contributed by atoms with Crippen molar-refractivity contribution in [2.24, 2.45) is 5.73 Å². The van der Waals surface area contributed by atoms with Crippen LogP contribution in [0.3, 0.4) is 0 Å². The molecule has 5 unspecified atom stereocenters. The standard InChI is InChI=1S/C19H28N4O7S/c1-9(19(29)30)21-17(27)14(7-11-3-5-12(25)6-4-11)22-18(28)15(10(2)24)23-16(26)13(20)8-31/h3-6,9-10,13-15,24-25,31H,7-8,20H2,1-2H3,(H,21,27)(H,22,28)(H,23,26)(H,29,30). The van der Waals surface area contributed by atoms with E-state index in [1.165, 1.54) is 38.1 Å². The van der Waals surface area contributed by atoms with E-state index in [9.17, 15) is 29.4 Å². The Bertz CT molecular complexity index is 788. The highest BCUT2D eigenvalue weighted by Gasteiger charge is 2.31. The van der Waals surface area contributed by atoms with Crippen molar-refractivity contribution < 1.29 is 34.5 Å². The molecule has 172 valence electrons. The molecule has 0 bridgehead atoms. The fourth-order valence-corrected chi connectivity index (χ4v) is 2.63. The highest BCUT2D eigenvalue weighted by atomic mass is 32.1. The number of carboxylic acid groups (broad SMARTS) is 1. The fourth-order valence-electron chi connectivity index (χ4n) is 2.46. The van der Waals surface area contributed by atoms with Gasteiger partial charge in [0, 0.05) is 12.2 Å². The van der Waals surface area contributed by atoms with E-state index in [4.69, 9.17) is 10.8 Å². The lowest BCUT2D eigenvalue weighted by Gasteiger charge is -2.26. The molecule has 0 saturated heterocycles. The van der Waals surface area contributed by atoms with Crippen LogP contribution in [0.1, 0.15) is 19.4 Å². The maximum absolute atomic E-state index is 12.7. The number of nitrogens with one attached hydrogen (secondary N) is 3. The van der Waals surface area contributed by atoms with Crippen molar-refractivity contribution in [3.63, 3.8) is 0 Å². The van der Waals surface area contributed by atoms with Crippen LogP contribution in [0.4, 0.5) is 0 Å². The van der Waals surface area contributed by atoms with E-state index in [0.29, 0.717) is 5.56 Å². The number of aliphatic carboxylic acids is 1. The van der Waals surface area contributed by atoms with E-state index < -0.39 is 54.0 Å². The minimum atomic E-state index is -1.41. The number of hydrogen-bond donors (Lipinski definition) is 8. The first-order valence-electron chi connectivity index (χ1n) is 9.42. The normalized spacial score (nSPS) is 15.6. The number of nitrogens with two attached hydrogens (primary N) is 1. The fraction of sp³-hybridized carbons (Fsp3) is 0.474. The molecule has 1 rings (SSSR count). The number of benzene rings is 1. The number of carbonyl (C=O) groups is 4. The molecule has 0 aliphatic heterocycles. The quantitative estimate of drug-likeness (QED) is 0.178. The molecule has 0 aromatic heterocycles. The highest BCUT2D eigenvalue weighted by Crippen LogP contribution is 2.12. The summed E-state index contributed by atoms with van der Waals surface area (Å²) in [6.07, 6.45) is -1.35. The molecule has 0 radical (unpaired) electrons. The number of carboxylic acids is 1. The summed E-state index contributed by atoms with van der Waals surface area (Å²) in [5.74, 6) is -3.60.